The summed E-state index contributed by atoms with van der Waals surface area (Å²) < 4.78 is 0. The summed E-state index contributed by atoms with van der Waals surface area (Å²) >= 11 is 0. The lowest BCUT2D eigenvalue weighted by molar-refractivity contribution is 0.835. The molecule has 0 saturated heterocycles. The van der Waals surface area contributed by atoms with Crippen LogP contribution < -0.4 is 0 Å². The predicted molar refractivity (Wildman–Crippen MR) is 87.2 cm³/mol. The van der Waals surface area contributed by atoms with Gasteiger partial charge in [0.2, 0.25) is 0 Å². The molecule has 1 aliphatic heterocycles. The summed E-state index contributed by atoms with van der Waals surface area (Å²) in [7, 11) is 0. The molecule has 0 radical (unpaired) electrons. The number of nitrogens with zero attached hydrogens (tertiary/aromatic N) is 1. The molecule has 98 valence electrons. The van der Waals surface area contributed by atoms with E-state index in [0.29, 0.717) is 5.92 Å². The highest BCUT2D eigenvalue weighted by Gasteiger charge is 2.22. The zero-order chi connectivity index (χ0) is 12.5. The van der Waals surface area contributed by atoms with Crippen molar-refractivity contribution in [2.75, 3.05) is 0 Å². The second-order valence-electron chi connectivity index (χ2n) is 5.08. The quantitative estimate of drug-likeness (QED) is 0.685. The molecule has 1 unspecified atom stereocenters. The third-order valence-electron chi connectivity index (χ3n) is 3.57. The number of benzene rings is 2. The molecule has 0 bridgehead atoms. The van der Waals surface area contributed by atoms with E-state index in [9.17, 15) is 0 Å². The van der Waals surface area contributed by atoms with Crippen LogP contribution in [-0.2, 0) is 0 Å². The lowest BCUT2D eigenvalue weighted by Crippen LogP contribution is -2.11. The number of aliphatic imine (C=N–C) groups is 1. The fraction of sp³-hybridized carbons (Fsp3) is 0.235. The van der Waals surface area contributed by atoms with E-state index < -0.39 is 0 Å². The minimum absolute atomic E-state index is 0. The number of hydrogen-bond donors (Lipinski definition) is 0. The first-order chi connectivity index (χ1) is 8.74. The van der Waals surface area contributed by atoms with Crippen molar-refractivity contribution in [3.63, 3.8) is 0 Å². The number of hydrogen-bond acceptors (Lipinski definition) is 1. The number of fused-ring (bicyclic) bond motifs is 1. The highest BCUT2D eigenvalue weighted by molar-refractivity contribution is 8.93. The van der Waals surface area contributed by atoms with Gasteiger partial charge in [0.05, 0.1) is 5.69 Å². The summed E-state index contributed by atoms with van der Waals surface area (Å²) in [5.41, 5.74) is 6.42. The van der Waals surface area contributed by atoms with E-state index >= 15 is 0 Å². The summed E-state index contributed by atoms with van der Waals surface area (Å²) in [5.74, 6) is 0.457. The molecule has 3 rings (SSSR count). The van der Waals surface area contributed by atoms with Crippen LogP contribution in [0, 0.1) is 6.92 Å². The van der Waals surface area contributed by atoms with E-state index in [-0.39, 0.29) is 17.0 Å². The third-order valence-corrected chi connectivity index (χ3v) is 3.57. The third kappa shape index (κ3) is 2.79. The molecule has 0 aromatic heterocycles. The van der Waals surface area contributed by atoms with Crippen LogP contribution >= 0.6 is 17.0 Å². The standard InChI is InChI=1S/C17H17N.BrH/c1-12-8-9-17-16(10-12)15(11-13(2)18-17)14-6-4-3-5-7-14;/h3-10,15H,11H2,1-2H3;1H. The number of halogens is 1. The van der Waals surface area contributed by atoms with Gasteiger partial charge < -0.3 is 0 Å². The van der Waals surface area contributed by atoms with Gasteiger partial charge in [0, 0.05) is 11.6 Å². The lowest BCUT2D eigenvalue weighted by atomic mass is 9.83. The summed E-state index contributed by atoms with van der Waals surface area (Å²) in [6.45, 7) is 4.27. The molecule has 1 atom stereocenters. The highest BCUT2D eigenvalue weighted by Crippen LogP contribution is 2.39. The van der Waals surface area contributed by atoms with E-state index in [1.807, 2.05) is 0 Å². The molecule has 1 nitrogen and oxygen atoms in total. The van der Waals surface area contributed by atoms with Crippen molar-refractivity contribution in [2.24, 2.45) is 4.99 Å². The van der Waals surface area contributed by atoms with E-state index in [1.165, 1.54) is 22.4 Å². The molecule has 2 aromatic rings. The van der Waals surface area contributed by atoms with Crippen molar-refractivity contribution in [3.8, 4) is 0 Å². The van der Waals surface area contributed by atoms with Crippen molar-refractivity contribution >= 4 is 28.4 Å². The van der Waals surface area contributed by atoms with Gasteiger partial charge in [0.25, 0.3) is 0 Å². The van der Waals surface area contributed by atoms with Crippen LogP contribution in [0.5, 0.6) is 0 Å². The Morgan fingerprint density at radius 1 is 1.00 bits per heavy atom. The van der Waals surface area contributed by atoms with Crippen molar-refractivity contribution in [2.45, 2.75) is 26.2 Å². The second-order valence-corrected chi connectivity index (χ2v) is 5.08. The van der Waals surface area contributed by atoms with Crippen molar-refractivity contribution < 1.29 is 0 Å². The van der Waals surface area contributed by atoms with Gasteiger partial charge in [-0.15, -0.1) is 17.0 Å². The second kappa shape index (κ2) is 5.70. The Labute approximate surface area is 125 Å². The minimum Gasteiger partial charge on any atom is -0.258 e. The smallest absolute Gasteiger partial charge is 0.0667 e. The van der Waals surface area contributed by atoms with Crippen LogP contribution in [0.3, 0.4) is 0 Å². The fourth-order valence-corrected chi connectivity index (χ4v) is 2.69. The van der Waals surface area contributed by atoms with Crippen LogP contribution in [0.25, 0.3) is 0 Å². The normalized spacial score (nSPS) is 17.2. The molecule has 0 spiro atoms. The number of aryl methyl sites for hydroxylation is 1. The summed E-state index contributed by atoms with van der Waals surface area (Å²) in [5, 5.41) is 0. The zero-order valence-corrected chi connectivity index (χ0v) is 13.0. The SMILES string of the molecule is Br.CC1=Nc2ccc(C)cc2C(c2ccccc2)C1. The van der Waals surface area contributed by atoms with Crippen LogP contribution in [0.1, 0.15) is 36.0 Å². The topological polar surface area (TPSA) is 12.4 Å². The van der Waals surface area contributed by atoms with Gasteiger partial charge in [-0.25, -0.2) is 0 Å². The first kappa shape index (κ1) is 14.0. The Morgan fingerprint density at radius 2 is 1.74 bits per heavy atom. The van der Waals surface area contributed by atoms with Crippen LogP contribution in [0.4, 0.5) is 5.69 Å². The Kier molecular flexibility index (Phi) is 4.20. The van der Waals surface area contributed by atoms with Gasteiger partial charge in [-0.05, 0) is 37.5 Å². The maximum atomic E-state index is 4.68. The van der Waals surface area contributed by atoms with Crippen LogP contribution in [0.2, 0.25) is 0 Å². The van der Waals surface area contributed by atoms with Crippen LogP contribution in [0.15, 0.2) is 53.5 Å². The van der Waals surface area contributed by atoms with Gasteiger partial charge in [0.15, 0.2) is 0 Å². The molecule has 0 saturated carbocycles. The van der Waals surface area contributed by atoms with E-state index in [2.05, 4.69) is 67.4 Å². The van der Waals surface area contributed by atoms with Gasteiger partial charge in [-0.1, -0.05) is 48.0 Å². The highest BCUT2D eigenvalue weighted by atomic mass is 79.9. The van der Waals surface area contributed by atoms with Crippen molar-refractivity contribution in [1.29, 1.82) is 0 Å². The predicted octanol–water partition coefficient (Wildman–Crippen LogP) is 5.20. The largest absolute Gasteiger partial charge is 0.258 e. The molecule has 0 amide bonds. The van der Waals surface area contributed by atoms with E-state index in [0.717, 1.165) is 12.1 Å². The van der Waals surface area contributed by atoms with Gasteiger partial charge in [0.1, 0.15) is 0 Å². The van der Waals surface area contributed by atoms with Crippen molar-refractivity contribution in [3.05, 3.63) is 65.2 Å². The van der Waals surface area contributed by atoms with Gasteiger partial charge in [-0.2, -0.15) is 0 Å². The Bertz CT molecular complexity index is 602. The lowest BCUT2D eigenvalue weighted by Gasteiger charge is -2.24. The maximum absolute atomic E-state index is 4.68. The fourth-order valence-electron chi connectivity index (χ4n) is 2.69. The zero-order valence-electron chi connectivity index (χ0n) is 11.3. The Balaban J connectivity index is 0.00000133. The van der Waals surface area contributed by atoms with E-state index in [4.69, 9.17) is 0 Å². The Morgan fingerprint density at radius 3 is 2.47 bits per heavy atom. The molecule has 0 aliphatic carbocycles. The van der Waals surface area contributed by atoms with E-state index in [1.54, 1.807) is 0 Å². The molecule has 2 aromatic carbocycles. The Hall–Kier alpha value is -1.41. The maximum Gasteiger partial charge on any atom is 0.0667 e. The first-order valence-corrected chi connectivity index (χ1v) is 6.44. The molecule has 19 heavy (non-hydrogen) atoms. The average molecular weight is 316 g/mol. The molecular formula is C17H18BrN. The summed E-state index contributed by atoms with van der Waals surface area (Å²) in [4.78, 5) is 4.68. The van der Waals surface area contributed by atoms with Crippen LogP contribution in [-0.4, -0.2) is 5.71 Å². The number of rotatable bonds is 1. The summed E-state index contributed by atoms with van der Waals surface area (Å²) in [6.07, 6.45) is 1.03. The molecular weight excluding hydrogens is 298 g/mol. The molecule has 2 heteroatoms. The molecule has 0 fully saturated rings. The average Bonchev–Trinajstić information content (AvgIpc) is 2.39. The van der Waals surface area contributed by atoms with Gasteiger partial charge in [-0.3, -0.25) is 4.99 Å². The minimum atomic E-state index is 0. The molecule has 0 N–H and O–H groups in total. The summed E-state index contributed by atoms with van der Waals surface area (Å²) in [6, 6.07) is 17.3. The molecule has 1 aliphatic rings. The first-order valence-electron chi connectivity index (χ1n) is 6.44. The molecule has 1 heterocycles. The van der Waals surface area contributed by atoms with Gasteiger partial charge >= 0.3 is 0 Å². The van der Waals surface area contributed by atoms with Crippen molar-refractivity contribution in [1.82, 2.24) is 0 Å². The monoisotopic (exact) mass is 315 g/mol.